The Hall–Kier alpha value is -2.09. The number of nitrogens with zero attached hydrogens (tertiary/aromatic N) is 5. The lowest BCUT2D eigenvalue weighted by atomic mass is 10.0. The van der Waals surface area contributed by atoms with Crippen LogP contribution in [0.15, 0.2) is 24.4 Å². The molecule has 1 aromatic carbocycles. The first-order chi connectivity index (χ1) is 15.2. The Bertz CT molecular complexity index is 890. The molecule has 1 atom stereocenters. The molecule has 0 N–H and O–H groups in total. The van der Waals surface area contributed by atoms with Gasteiger partial charge in [-0.3, -0.25) is 19.4 Å². The van der Waals surface area contributed by atoms with Crippen LogP contribution >= 0.6 is 0 Å². The zero-order valence-corrected chi connectivity index (χ0v) is 18.9. The molecule has 0 unspecified atom stereocenters. The van der Waals surface area contributed by atoms with Gasteiger partial charge in [-0.1, -0.05) is 6.07 Å². The summed E-state index contributed by atoms with van der Waals surface area (Å²) in [5, 5.41) is 4.62. The largest absolute Gasteiger partial charge is 0.454 e. The fourth-order valence-corrected chi connectivity index (χ4v) is 5.17. The molecule has 0 spiro atoms. The minimum Gasteiger partial charge on any atom is -0.454 e. The predicted molar refractivity (Wildman–Crippen MR) is 120 cm³/mol. The molecule has 2 fully saturated rings. The van der Waals surface area contributed by atoms with Crippen LogP contribution in [0, 0.1) is 6.92 Å². The van der Waals surface area contributed by atoms with Gasteiger partial charge in [-0.05, 0) is 50.9 Å². The third kappa shape index (κ3) is 4.73. The maximum Gasteiger partial charge on any atom is 0.231 e. The molecule has 0 saturated carbocycles. The smallest absolute Gasteiger partial charge is 0.231 e. The van der Waals surface area contributed by atoms with Gasteiger partial charge in [0.05, 0.1) is 5.69 Å². The first-order valence-electron chi connectivity index (χ1n) is 11.8. The molecule has 2 aromatic rings. The summed E-state index contributed by atoms with van der Waals surface area (Å²) in [5.74, 6) is 1.76. The first kappa shape index (κ1) is 20.8. The fraction of sp³-hybridized carbons (Fsp3) is 0.625. The van der Waals surface area contributed by atoms with Gasteiger partial charge in [-0.25, -0.2) is 0 Å². The van der Waals surface area contributed by atoms with Crippen LogP contribution in [0.4, 0.5) is 0 Å². The minimum atomic E-state index is 0.344. The van der Waals surface area contributed by atoms with Gasteiger partial charge in [0, 0.05) is 70.2 Å². The lowest BCUT2D eigenvalue weighted by molar-refractivity contribution is 0.0476. The van der Waals surface area contributed by atoms with Crippen LogP contribution in [0.25, 0.3) is 0 Å². The Labute approximate surface area is 185 Å². The molecule has 0 aliphatic carbocycles. The van der Waals surface area contributed by atoms with Crippen molar-refractivity contribution in [1.82, 2.24) is 24.5 Å². The van der Waals surface area contributed by atoms with Gasteiger partial charge in [0.15, 0.2) is 11.5 Å². The summed E-state index contributed by atoms with van der Waals surface area (Å²) >= 11 is 0. The van der Waals surface area contributed by atoms with Gasteiger partial charge >= 0.3 is 0 Å². The fourth-order valence-electron chi connectivity index (χ4n) is 5.17. The molecule has 3 aliphatic rings. The van der Waals surface area contributed by atoms with Crippen molar-refractivity contribution in [2.75, 3.05) is 46.1 Å². The maximum atomic E-state index is 5.53. The Morgan fingerprint density at radius 1 is 1.00 bits per heavy atom. The Morgan fingerprint density at radius 2 is 1.84 bits per heavy atom. The highest BCUT2D eigenvalue weighted by molar-refractivity contribution is 5.44. The van der Waals surface area contributed by atoms with Crippen LogP contribution in [-0.4, -0.2) is 76.6 Å². The molecule has 2 saturated heterocycles. The first-order valence-corrected chi connectivity index (χ1v) is 11.8. The summed E-state index contributed by atoms with van der Waals surface area (Å²) in [6.45, 7) is 14.6. The topological polar surface area (TPSA) is 46.0 Å². The highest BCUT2D eigenvalue weighted by Gasteiger charge is 2.28. The number of hydrogen-bond acceptors (Lipinski definition) is 6. The van der Waals surface area contributed by atoms with E-state index in [1.807, 2.05) is 6.07 Å². The molecule has 7 nitrogen and oxygen atoms in total. The number of piperidine rings is 1. The molecule has 5 rings (SSSR count). The van der Waals surface area contributed by atoms with Crippen LogP contribution in [-0.2, 0) is 19.6 Å². The molecule has 0 amide bonds. The molecule has 1 aromatic heterocycles. The lowest BCUT2D eigenvalue weighted by Crippen LogP contribution is -2.54. The van der Waals surface area contributed by atoms with E-state index in [9.17, 15) is 0 Å². The van der Waals surface area contributed by atoms with Crippen LogP contribution in [0.1, 0.15) is 36.6 Å². The Kier molecular flexibility index (Phi) is 6.16. The summed E-state index contributed by atoms with van der Waals surface area (Å²) in [7, 11) is 0. The summed E-state index contributed by atoms with van der Waals surface area (Å²) in [5.41, 5.74) is 3.88. The number of likely N-dealkylation sites (tertiary alicyclic amines) is 1. The number of benzene rings is 1. The summed E-state index contributed by atoms with van der Waals surface area (Å²) in [4.78, 5) is 7.93. The molecule has 0 radical (unpaired) electrons. The molecule has 4 heterocycles. The number of piperazine rings is 1. The highest BCUT2D eigenvalue weighted by Crippen LogP contribution is 2.33. The average Bonchev–Trinajstić information content (AvgIpc) is 3.40. The van der Waals surface area contributed by atoms with Crippen molar-refractivity contribution in [2.45, 2.75) is 52.4 Å². The van der Waals surface area contributed by atoms with Gasteiger partial charge in [0.25, 0.3) is 0 Å². The number of aromatic nitrogens is 2. The van der Waals surface area contributed by atoms with E-state index in [1.54, 1.807) is 0 Å². The number of fused-ring (bicyclic) bond motifs is 1. The van der Waals surface area contributed by atoms with Crippen molar-refractivity contribution in [3.8, 4) is 11.5 Å². The standard InChI is InChI=1S/C24H35N5O2/c1-3-29-16-21(19(2)25-29)15-27-8-4-5-22(17-27)28-11-9-26(10-12-28)14-20-6-7-23-24(13-20)31-18-30-23/h6-7,13,16,22H,3-5,8-12,14-15,17-18H2,1-2H3/t22-/m1/s1. The quantitative estimate of drug-likeness (QED) is 0.709. The van der Waals surface area contributed by atoms with Crippen LogP contribution in [0.5, 0.6) is 11.5 Å². The normalized spacial score (nSPS) is 22.8. The van der Waals surface area contributed by atoms with Gasteiger partial charge < -0.3 is 9.47 Å². The SMILES string of the molecule is CCn1cc(CN2CCC[C@@H](N3CCN(Cc4ccc5c(c4)OCO5)CC3)C2)c(C)n1. The van der Waals surface area contributed by atoms with Crippen LogP contribution in [0.3, 0.4) is 0 Å². The zero-order valence-electron chi connectivity index (χ0n) is 18.9. The van der Waals surface area contributed by atoms with Crippen molar-refractivity contribution >= 4 is 0 Å². The maximum absolute atomic E-state index is 5.53. The highest BCUT2D eigenvalue weighted by atomic mass is 16.7. The van der Waals surface area contributed by atoms with E-state index in [-0.39, 0.29) is 0 Å². The summed E-state index contributed by atoms with van der Waals surface area (Å²) < 4.78 is 13.0. The van der Waals surface area contributed by atoms with E-state index in [0.717, 1.165) is 57.3 Å². The molecule has 3 aliphatic heterocycles. The number of rotatable bonds is 6. The van der Waals surface area contributed by atoms with Gasteiger partial charge in [0.2, 0.25) is 6.79 Å². The molecular formula is C24H35N5O2. The molecule has 168 valence electrons. The van der Waals surface area contributed by atoms with Crippen molar-refractivity contribution in [2.24, 2.45) is 0 Å². The molecule has 0 bridgehead atoms. The minimum absolute atomic E-state index is 0.344. The predicted octanol–water partition coefficient (Wildman–Crippen LogP) is 2.72. The second kappa shape index (κ2) is 9.18. The second-order valence-corrected chi connectivity index (χ2v) is 9.13. The third-order valence-electron chi connectivity index (χ3n) is 7.01. The monoisotopic (exact) mass is 425 g/mol. The number of hydrogen-bond donors (Lipinski definition) is 0. The molecule has 7 heteroatoms. The van der Waals surface area contributed by atoms with Gasteiger partial charge in [0.1, 0.15) is 0 Å². The zero-order chi connectivity index (χ0) is 21.2. The van der Waals surface area contributed by atoms with E-state index in [2.05, 4.69) is 56.7 Å². The van der Waals surface area contributed by atoms with E-state index in [4.69, 9.17) is 9.47 Å². The van der Waals surface area contributed by atoms with Gasteiger partial charge in [-0.15, -0.1) is 0 Å². The van der Waals surface area contributed by atoms with Crippen molar-refractivity contribution in [3.05, 3.63) is 41.2 Å². The number of aryl methyl sites for hydroxylation is 2. The molecular weight excluding hydrogens is 390 g/mol. The number of ether oxygens (including phenoxy) is 2. The van der Waals surface area contributed by atoms with Crippen LogP contribution < -0.4 is 9.47 Å². The van der Waals surface area contributed by atoms with Crippen molar-refractivity contribution in [1.29, 1.82) is 0 Å². The molecule has 31 heavy (non-hydrogen) atoms. The Balaban J connectivity index is 1.12. The van der Waals surface area contributed by atoms with Crippen LogP contribution in [0.2, 0.25) is 0 Å². The second-order valence-electron chi connectivity index (χ2n) is 9.13. The summed E-state index contributed by atoms with van der Waals surface area (Å²) in [6, 6.07) is 7.02. The van der Waals surface area contributed by atoms with Crippen molar-refractivity contribution < 1.29 is 9.47 Å². The van der Waals surface area contributed by atoms with Crippen molar-refractivity contribution in [3.63, 3.8) is 0 Å². The van der Waals surface area contributed by atoms with E-state index < -0.39 is 0 Å². The lowest BCUT2D eigenvalue weighted by Gasteiger charge is -2.43. The van der Waals surface area contributed by atoms with E-state index in [1.165, 1.54) is 42.8 Å². The summed E-state index contributed by atoms with van der Waals surface area (Å²) in [6.07, 6.45) is 4.85. The van der Waals surface area contributed by atoms with E-state index in [0.29, 0.717) is 12.8 Å². The Morgan fingerprint density at radius 3 is 2.65 bits per heavy atom. The average molecular weight is 426 g/mol. The third-order valence-corrected chi connectivity index (χ3v) is 7.01. The van der Waals surface area contributed by atoms with Gasteiger partial charge in [-0.2, -0.15) is 5.10 Å². The van der Waals surface area contributed by atoms with E-state index >= 15 is 0 Å².